The predicted molar refractivity (Wildman–Crippen MR) is 97.4 cm³/mol. The highest BCUT2D eigenvalue weighted by molar-refractivity contribution is 5.76. The lowest BCUT2D eigenvalue weighted by atomic mass is 9.88. The van der Waals surface area contributed by atoms with Crippen molar-refractivity contribution < 1.29 is 69.8 Å². The minimum Gasteiger partial charge on any atom is -0.477 e. The SMILES string of the molecule is CC(=O)N[C@H]1[C@H]([C@H](O)[C@H](O)CO)O[C@@](OC[C@@H]2O[C@@H](O)[C@@H](O)[C@@H](O)[C@H]2O)(C(=O)O)C[C@H]1O. The van der Waals surface area contributed by atoms with Crippen molar-refractivity contribution in [2.45, 2.75) is 80.3 Å². The van der Waals surface area contributed by atoms with Gasteiger partial charge in [0.15, 0.2) is 6.29 Å². The zero-order valence-electron chi connectivity index (χ0n) is 17.0. The van der Waals surface area contributed by atoms with Crippen LogP contribution in [0.5, 0.6) is 0 Å². The van der Waals surface area contributed by atoms with Crippen LogP contribution in [-0.2, 0) is 23.8 Å². The van der Waals surface area contributed by atoms with Crippen LogP contribution in [0, 0.1) is 0 Å². The molecule has 186 valence electrons. The summed E-state index contributed by atoms with van der Waals surface area (Å²) in [4.78, 5) is 23.5. The van der Waals surface area contributed by atoms with E-state index in [-0.39, 0.29) is 0 Å². The molecule has 2 heterocycles. The van der Waals surface area contributed by atoms with Gasteiger partial charge in [-0.2, -0.15) is 0 Å². The quantitative estimate of drug-likeness (QED) is 0.158. The Morgan fingerprint density at radius 2 is 1.75 bits per heavy atom. The van der Waals surface area contributed by atoms with Crippen LogP contribution in [0.25, 0.3) is 0 Å². The van der Waals surface area contributed by atoms with Crippen molar-refractivity contribution in [1.82, 2.24) is 5.32 Å². The third kappa shape index (κ3) is 5.52. The normalized spacial score (nSPS) is 42.2. The first-order valence-electron chi connectivity index (χ1n) is 9.69. The number of hydrogen-bond acceptors (Lipinski definition) is 13. The first-order chi connectivity index (χ1) is 14.8. The molecular weight excluding hydrogens is 442 g/mol. The second-order valence-corrected chi connectivity index (χ2v) is 7.73. The van der Waals surface area contributed by atoms with E-state index >= 15 is 0 Å². The number of rotatable bonds is 8. The molecule has 2 saturated heterocycles. The van der Waals surface area contributed by atoms with Gasteiger partial charge in [-0.25, -0.2) is 4.79 Å². The Morgan fingerprint density at radius 1 is 1.12 bits per heavy atom. The van der Waals surface area contributed by atoms with E-state index in [1.807, 2.05) is 0 Å². The molecule has 0 saturated carbocycles. The second kappa shape index (κ2) is 10.6. The summed E-state index contributed by atoms with van der Waals surface area (Å²) < 4.78 is 15.5. The van der Waals surface area contributed by atoms with Gasteiger partial charge in [0, 0.05) is 13.3 Å². The fourth-order valence-corrected chi connectivity index (χ4v) is 3.56. The van der Waals surface area contributed by atoms with Gasteiger partial charge in [-0.15, -0.1) is 0 Å². The molecular formula is C17H29NO14. The second-order valence-electron chi connectivity index (χ2n) is 7.73. The van der Waals surface area contributed by atoms with E-state index < -0.39 is 98.5 Å². The van der Waals surface area contributed by atoms with Gasteiger partial charge < -0.3 is 65.5 Å². The number of aliphatic hydroxyl groups is 8. The summed E-state index contributed by atoms with van der Waals surface area (Å²) in [5.41, 5.74) is 0. The van der Waals surface area contributed by atoms with Crippen LogP contribution in [0.1, 0.15) is 13.3 Å². The lowest BCUT2D eigenvalue weighted by molar-refractivity contribution is -0.334. The molecule has 0 aromatic carbocycles. The van der Waals surface area contributed by atoms with Crippen LogP contribution >= 0.6 is 0 Å². The number of hydrogen-bond donors (Lipinski definition) is 10. The van der Waals surface area contributed by atoms with E-state index in [4.69, 9.17) is 19.3 Å². The Balaban J connectivity index is 2.27. The molecule has 0 bridgehead atoms. The molecule has 11 atom stereocenters. The minimum atomic E-state index is -2.69. The van der Waals surface area contributed by atoms with E-state index in [0.29, 0.717) is 0 Å². The lowest BCUT2D eigenvalue weighted by Crippen LogP contribution is -2.68. The van der Waals surface area contributed by atoms with Gasteiger partial charge in [-0.3, -0.25) is 4.79 Å². The van der Waals surface area contributed by atoms with E-state index in [2.05, 4.69) is 5.32 Å². The third-order valence-corrected chi connectivity index (χ3v) is 5.35. The van der Waals surface area contributed by atoms with Crippen LogP contribution in [-0.4, -0.2) is 138 Å². The van der Waals surface area contributed by atoms with Gasteiger partial charge in [0.2, 0.25) is 5.91 Å². The van der Waals surface area contributed by atoms with Crippen molar-refractivity contribution in [3.8, 4) is 0 Å². The summed E-state index contributed by atoms with van der Waals surface area (Å²) in [6.45, 7) is -0.691. The lowest BCUT2D eigenvalue weighted by Gasteiger charge is -2.47. The van der Waals surface area contributed by atoms with Gasteiger partial charge in [-0.05, 0) is 0 Å². The average Bonchev–Trinajstić information content (AvgIpc) is 2.73. The number of aliphatic hydroxyl groups excluding tert-OH is 8. The molecule has 2 rings (SSSR count). The van der Waals surface area contributed by atoms with Crippen molar-refractivity contribution >= 4 is 11.9 Å². The van der Waals surface area contributed by atoms with Crippen LogP contribution < -0.4 is 5.32 Å². The standard InChI is InChI=1S/C17H29NO14/c1-5(20)18-9-6(21)2-17(16(28)29,32-14(9)10(23)7(22)3-19)30-4-8-11(24)12(25)13(26)15(27)31-8/h6-15,19,21-27H,2-4H2,1H3,(H,18,20)(H,28,29)/t6-,7-,8+,9-,10-,11+,12+,13+,14-,15-,17-/m1/s1. The average molecular weight is 471 g/mol. The Morgan fingerprint density at radius 3 is 2.28 bits per heavy atom. The number of carbonyl (C=O) groups excluding carboxylic acids is 1. The predicted octanol–water partition coefficient (Wildman–Crippen LogP) is -6.05. The number of carboxylic acid groups (broad SMARTS) is 1. The Kier molecular flexibility index (Phi) is 8.88. The highest BCUT2D eigenvalue weighted by Crippen LogP contribution is 2.34. The first-order valence-corrected chi connectivity index (χ1v) is 9.69. The van der Waals surface area contributed by atoms with Gasteiger partial charge >= 0.3 is 5.97 Å². The molecule has 2 fully saturated rings. The molecule has 0 aromatic rings. The van der Waals surface area contributed by atoms with Gasteiger partial charge in [0.05, 0.1) is 25.4 Å². The van der Waals surface area contributed by atoms with Crippen molar-refractivity contribution in [2.24, 2.45) is 0 Å². The van der Waals surface area contributed by atoms with E-state index in [1.165, 1.54) is 0 Å². The summed E-state index contributed by atoms with van der Waals surface area (Å²) in [7, 11) is 0. The number of carbonyl (C=O) groups is 2. The number of nitrogens with one attached hydrogen (secondary N) is 1. The van der Waals surface area contributed by atoms with Gasteiger partial charge in [-0.1, -0.05) is 0 Å². The summed E-state index contributed by atoms with van der Waals surface area (Å²) in [6, 6.07) is -1.39. The van der Waals surface area contributed by atoms with E-state index in [9.17, 15) is 50.4 Å². The highest BCUT2D eigenvalue weighted by Gasteiger charge is 2.56. The molecule has 1 amide bonds. The minimum absolute atomic E-state index is 0.669. The highest BCUT2D eigenvalue weighted by atomic mass is 16.7. The fraction of sp³-hybridized carbons (Fsp3) is 0.882. The monoisotopic (exact) mass is 471 g/mol. The molecule has 0 spiro atoms. The number of ether oxygens (including phenoxy) is 3. The molecule has 0 aliphatic carbocycles. The van der Waals surface area contributed by atoms with E-state index in [0.717, 1.165) is 6.92 Å². The van der Waals surface area contributed by atoms with Crippen LogP contribution in [0.2, 0.25) is 0 Å². The molecule has 15 nitrogen and oxygen atoms in total. The maximum Gasteiger partial charge on any atom is 0.364 e. The zero-order valence-corrected chi connectivity index (χ0v) is 17.0. The molecule has 2 aliphatic rings. The smallest absolute Gasteiger partial charge is 0.364 e. The topological polar surface area (TPSA) is 256 Å². The zero-order chi connectivity index (χ0) is 24.4. The van der Waals surface area contributed by atoms with Crippen molar-refractivity contribution in [1.29, 1.82) is 0 Å². The van der Waals surface area contributed by atoms with Crippen molar-refractivity contribution in [3.63, 3.8) is 0 Å². The largest absolute Gasteiger partial charge is 0.477 e. The third-order valence-electron chi connectivity index (χ3n) is 5.35. The maximum atomic E-state index is 12.0. The summed E-state index contributed by atoms with van der Waals surface area (Å²) in [5, 5.41) is 90.6. The summed E-state index contributed by atoms with van der Waals surface area (Å²) >= 11 is 0. The van der Waals surface area contributed by atoms with Crippen LogP contribution in [0.3, 0.4) is 0 Å². The van der Waals surface area contributed by atoms with Crippen molar-refractivity contribution in [3.05, 3.63) is 0 Å². The maximum absolute atomic E-state index is 12.0. The van der Waals surface area contributed by atoms with E-state index in [1.54, 1.807) is 0 Å². The molecule has 32 heavy (non-hydrogen) atoms. The summed E-state index contributed by atoms with van der Waals surface area (Å²) in [5.74, 6) is -5.15. The Hall–Kier alpha value is -1.50. The molecule has 0 unspecified atom stereocenters. The van der Waals surface area contributed by atoms with Crippen LogP contribution in [0.4, 0.5) is 0 Å². The molecule has 2 aliphatic heterocycles. The first kappa shape index (κ1) is 26.7. The van der Waals surface area contributed by atoms with Gasteiger partial charge in [0.1, 0.15) is 42.7 Å². The molecule has 0 aromatic heterocycles. The molecule has 0 radical (unpaired) electrons. The Labute approximate surface area is 181 Å². The number of amides is 1. The Bertz CT molecular complexity index is 665. The van der Waals surface area contributed by atoms with Crippen LogP contribution in [0.15, 0.2) is 0 Å². The fourth-order valence-electron chi connectivity index (χ4n) is 3.56. The molecule has 10 N–H and O–H groups in total. The number of carboxylic acids is 1. The summed E-state index contributed by atoms with van der Waals surface area (Å²) in [6.07, 6.45) is -16.9. The number of aliphatic carboxylic acids is 1. The van der Waals surface area contributed by atoms with Crippen molar-refractivity contribution in [2.75, 3.05) is 13.2 Å². The van der Waals surface area contributed by atoms with Gasteiger partial charge in [0.25, 0.3) is 5.79 Å². The molecule has 15 heteroatoms.